The van der Waals surface area contributed by atoms with E-state index >= 15 is 0 Å². The Labute approximate surface area is 197 Å². The number of carbonyl (C=O) groups is 1. The van der Waals surface area contributed by atoms with Gasteiger partial charge in [-0.2, -0.15) is 5.26 Å². The summed E-state index contributed by atoms with van der Waals surface area (Å²) in [5.41, 5.74) is 2.55. The fourth-order valence-electron chi connectivity index (χ4n) is 2.81. The summed E-state index contributed by atoms with van der Waals surface area (Å²) in [5.74, 6) is 0.872. The van der Waals surface area contributed by atoms with E-state index in [1.165, 1.54) is 11.8 Å². The average molecular weight is 466 g/mol. The number of aromatic nitrogens is 3. The minimum atomic E-state index is -0.568. The number of ether oxygens (including phenoxy) is 1. The number of nitriles is 1. The first kappa shape index (κ1) is 24.1. The first-order valence-corrected chi connectivity index (χ1v) is 11.4. The monoisotopic (exact) mass is 465 g/mol. The van der Waals surface area contributed by atoms with Gasteiger partial charge >= 0.3 is 6.09 Å². The van der Waals surface area contributed by atoms with Crippen molar-refractivity contribution in [3.8, 4) is 6.07 Å². The predicted octanol–water partition coefficient (Wildman–Crippen LogP) is 4.65. The van der Waals surface area contributed by atoms with Crippen LogP contribution >= 0.6 is 11.8 Å². The normalized spacial score (nSPS) is 14.6. The highest BCUT2D eigenvalue weighted by Gasteiger charge is 2.17. The van der Waals surface area contributed by atoms with Crippen LogP contribution in [0, 0.1) is 11.3 Å². The number of nitrogens with one attached hydrogen (secondary N) is 3. The van der Waals surface area contributed by atoms with Crippen LogP contribution in [0.4, 0.5) is 16.6 Å². The molecule has 3 rings (SSSR count). The number of allylic oxidation sites excluding steroid dienone is 2. The molecule has 10 heteroatoms. The molecule has 0 spiro atoms. The lowest BCUT2D eigenvalue weighted by Crippen LogP contribution is -2.27. The van der Waals surface area contributed by atoms with Gasteiger partial charge in [0.05, 0.1) is 10.7 Å². The molecule has 1 amide bonds. The Bertz CT molecular complexity index is 1100. The van der Waals surface area contributed by atoms with Gasteiger partial charge in [0, 0.05) is 24.6 Å². The van der Waals surface area contributed by atoms with Gasteiger partial charge < -0.3 is 15.4 Å². The Balaban J connectivity index is 1.55. The largest absolute Gasteiger partial charge is 0.444 e. The lowest BCUT2D eigenvalue weighted by Gasteiger charge is -2.19. The van der Waals surface area contributed by atoms with Crippen LogP contribution in [0.2, 0.25) is 0 Å². The molecule has 33 heavy (non-hydrogen) atoms. The summed E-state index contributed by atoms with van der Waals surface area (Å²) in [4.78, 5) is 24.8. The van der Waals surface area contributed by atoms with Crippen molar-refractivity contribution in [2.45, 2.75) is 46.1 Å². The van der Waals surface area contributed by atoms with Crippen LogP contribution in [0.5, 0.6) is 0 Å². The SMILES string of the molecule is CCC1=CS/C(=C(\C#N)c2ccnc(NCCc3ccc(NC(=O)OC(C)(C)C)nc3)n2)N1. The first-order chi connectivity index (χ1) is 15.8. The molecule has 1 aliphatic rings. The molecule has 0 atom stereocenters. The Morgan fingerprint density at radius 2 is 2.09 bits per heavy atom. The lowest BCUT2D eigenvalue weighted by molar-refractivity contribution is 0.0635. The van der Waals surface area contributed by atoms with Gasteiger partial charge in [0.1, 0.15) is 23.1 Å². The third kappa shape index (κ3) is 7.22. The van der Waals surface area contributed by atoms with Crippen molar-refractivity contribution < 1.29 is 9.53 Å². The molecule has 0 unspecified atom stereocenters. The van der Waals surface area contributed by atoms with Crippen LogP contribution in [0.25, 0.3) is 5.57 Å². The second kappa shape index (κ2) is 10.8. The second-order valence-electron chi connectivity index (χ2n) is 8.18. The number of rotatable bonds is 7. The Hall–Kier alpha value is -3.58. The summed E-state index contributed by atoms with van der Waals surface area (Å²) in [6.07, 6.45) is 4.35. The molecule has 0 saturated heterocycles. The Morgan fingerprint density at radius 3 is 2.73 bits per heavy atom. The molecule has 3 heterocycles. The van der Waals surface area contributed by atoms with E-state index in [0.717, 1.165) is 22.7 Å². The maximum Gasteiger partial charge on any atom is 0.413 e. The number of amides is 1. The van der Waals surface area contributed by atoms with Gasteiger partial charge in [0.25, 0.3) is 0 Å². The summed E-state index contributed by atoms with van der Waals surface area (Å²) >= 11 is 1.49. The van der Waals surface area contributed by atoms with E-state index in [0.29, 0.717) is 36.0 Å². The van der Waals surface area contributed by atoms with Gasteiger partial charge in [-0.05, 0) is 56.7 Å². The van der Waals surface area contributed by atoms with Crippen LogP contribution in [-0.4, -0.2) is 33.2 Å². The van der Waals surface area contributed by atoms with Crippen molar-refractivity contribution in [1.82, 2.24) is 20.3 Å². The van der Waals surface area contributed by atoms with E-state index in [1.54, 1.807) is 45.3 Å². The zero-order valence-corrected chi connectivity index (χ0v) is 19.9. The third-order valence-corrected chi connectivity index (χ3v) is 5.32. The summed E-state index contributed by atoms with van der Waals surface area (Å²) in [6.45, 7) is 8.05. The van der Waals surface area contributed by atoms with Crippen molar-refractivity contribution in [2.24, 2.45) is 0 Å². The van der Waals surface area contributed by atoms with Crippen molar-refractivity contribution in [2.75, 3.05) is 17.2 Å². The van der Waals surface area contributed by atoms with Crippen LogP contribution in [0.1, 0.15) is 45.4 Å². The predicted molar refractivity (Wildman–Crippen MR) is 130 cm³/mol. The molecule has 172 valence electrons. The molecule has 3 N–H and O–H groups in total. The Kier molecular flexibility index (Phi) is 7.90. The zero-order chi connectivity index (χ0) is 23.8. The average Bonchev–Trinajstić information content (AvgIpc) is 3.23. The smallest absolute Gasteiger partial charge is 0.413 e. The summed E-state index contributed by atoms with van der Waals surface area (Å²) in [5, 5.41) is 21.5. The standard InChI is InChI=1S/C23H27N7O2S/c1-5-16-14-33-20(28-16)17(12-24)18-9-11-26-21(29-18)25-10-8-15-6-7-19(27-13-15)30-22(31)32-23(2,3)4/h6-7,9,11,13-14,28H,5,8,10H2,1-4H3,(H,25,26,29)(H,27,30,31)/b20-17+. The van der Waals surface area contributed by atoms with Crippen LogP contribution in [-0.2, 0) is 11.2 Å². The maximum absolute atomic E-state index is 11.8. The molecule has 9 nitrogen and oxygen atoms in total. The van der Waals surface area contributed by atoms with Gasteiger partial charge in [0.15, 0.2) is 0 Å². The molecule has 2 aromatic rings. The molecule has 0 bridgehead atoms. The van der Waals surface area contributed by atoms with Crippen LogP contribution < -0.4 is 16.0 Å². The van der Waals surface area contributed by atoms with Crippen molar-refractivity contribution in [3.05, 3.63) is 58.0 Å². The van der Waals surface area contributed by atoms with E-state index in [9.17, 15) is 10.1 Å². The van der Waals surface area contributed by atoms with E-state index in [-0.39, 0.29) is 0 Å². The number of hydrogen-bond donors (Lipinski definition) is 3. The molecule has 0 aliphatic carbocycles. The number of anilines is 2. The van der Waals surface area contributed by atoms with Crippen LogP contribution in [0.15, 0.2) is 46.7 Å². The third-order valence-electron chi connectivity index (χ3n) is 4.38. The topological polar surface area (TPSA) is 125 Å². The van der Waals surface area contributed by atoms with Crippen molar-refractivity contribution in [1.29, 1.82) is 5.26 Å². The van der Waals surface area contributed by atoms with Gasteiger partial charge in [-0.25, -0.2) is 19.7 Å². The fourth-order valence-corrected chi connectivity index (χ4v) is 3.75. The molecule has 0 saturated carbocycles. The fraction of sp³-hybridized carbons (Fsp3) is 0.348. The van der Waals surface area contributed by atoms with Gasteiger partial charge in [-0.1, -0.05) is 24.8 Å². The quantitative estimate of drug-likeness (QED) is 0.501. The van der Waals surface area contributed by atoms with Gasteiger partial charge in [0.2, 0.25) is 5.95 Å². The molecular weight excluding hydrogens is 438 g/mol. The van der Waals surface area contributed by atoms with Gasteiger partial charge in [-0.3, -0.25) is 5.32 Å². The number of pyridine rings is 1. The first-order valence-electron chi connectivity index (χ1n) is 10.6. The minimum absolute atomic E-state index is 0.424. The second-order valence-corrected chi connectivity index (χ2v) is 9.06. The van der Waals surface area contributed by atoms with Crippen molar-refractivity contribution in [3.63, 3.8) is 0 Å². The van der Waals surface area contributed by atoms with E-state index in [4.69, 9.17) is 4.74 Å². The Morgan fingerprint density at radius 1 is 1.27 bits per heavy atom. The molecule has 2 aromatic heterocycles. The number of hydrogen-bond acceptors (Lipinski definition) is 9. The maximum atomic E-state index is 11.8. The lowest BCUT2D eigenvalue weighted by atomic mass is 10.2. The summed E-state index contributed by atoms with van der Waals surface area (Å²) in [7, 11) is 0. The number of thioether (sulfide) groups is 1. The highest BCUT2D eigenvalue weighted by atomic mass is 32.2. The summed E-state index contributed by atoms with van der Waals surface area (Å²) in [6, 6.07) is 7.58. The van der Waals surface area contributed by atoms with Crippen LogP contribution in [0.3, 0.4) is 0 Å². The minimum Gasteiger partial charge on any atom is -0.444 e. The molecular formula is C23H27N7O2S. The van der Waals surface area contributed by atoms with Crippen molar-refractivity contribution >= 4 is 35.2 Å². The van der Waals surface area contributed by atoms with E-state index in [2.05, 4.69) is 43.9 Å². The highest BCUT2D eigenvalue weighted by Crippen LogP contribution is 2.31. The molecule has 0 fully saturated rings. The molecule has 0 radical (unpaired) electrons. The number of carbonyl (C=O) groups excluding carboxylic acids is 1. The zero-order valence-electron chi connectivity index (χ0n) is 19.1. The van der Waals surface area contributed by atoms with E-state index in [1.807, 2.05) is 11.5 Å². The van der Waals surface area contributed by atoms with E-state index < -0.39 is 11.7 Å². The number of nitrogens with zero attached hydrogens (tertiary/aromatic N) is 4. The molecule has 1 aliphatic heterocycles. The van der Waals surface area contributed by atoms with Gasteiger partial charge in [-0.15, -0.1) is 0 Å². The summed E-state index contributed by atoms with van der Waals surface area (Å²) < 4.78 is 5.22. The highest BCUT2D eigenvalue weighted by molar-refractivity contribution is 8.06. The molecule has 0 aromatic carbocycles.